The van der Waals surface area contributed by atoms with Gasteiger partial charge in [0.1, 0.15) is 17.3 Å². The third kappa shape index (κ3) is 5.72. The zero-order chi connectivity index (χ0) is 28.4. The van der Waals surface area contributed by atoms with Crippen molar-refractivity contribution in [2.45, 2.75) is 50.8 Å². The zero-order valence-electron chi connectivity index (χ0n) is 22.5. The first-order valence-corrected chi connectivity index (χ1v) is 13.5. The van der Waals surface area contributed by atoms with E-state index in [-0.39, 0.29) is 29.3 Å². The lowest BCUT2D eigenvalue weighted by molar-refractivity contribution is -0.0521. The molecule has 2 aliphatic rings. The molecule has 2 aromatic heterocycles. The Kier molecular flexibility index (Phi) is 8.17. The fourth-order valence-electron chi connectivity index (χ4n) is 5.92. The Bertz CT molecular complexity index is 1460. The number of pyridine rings is 2. The molecule has 1 atom stereocenters. The van der Waals surface area contributed by atoms with Gasteiger partial charge in [-0.3, -0.25) is 4.79 Å². The molecular weight excluding hydrogens is 523 g/mol. The highest BCUT2D eigenvalue weighted by Crippen LogP contribution is 2.36. The molecule has 1 aliphatic carbocycles. The van der Waals surface area contributed by atoms with Crippen molar-refractivity contribution in [2.24, 2.45) is 13.0 Å². The number of fused-ring (bicyclic) bond motifs is 1. The minimum atomic E-state index is -3.11. The summed E-state index contributed by atoms with van der Waals surface area (Å²) in [7, 11) is 3.63. The normalized spacial score (nSPS) is 21.0. The molecule has 1 saturated carbocycles. The number of nitriles is 1. The van der Waals surface area contributed by atoms with E-state index in [1.165, 1.54) is 16.7 Å². The van der Waals surface area contributed by atoms with Crippen LogP contribution in [0, 0.1) is 23.1 Å². The molecule has 0 bridgehead atoms. The summed E-state index contributed by atoms with van der Waals surface area (Å²) in [5.41, 5.74) is 2.72. The van der Waals surface area contributed by atoms with Crippen LogP contribution in [0.1, 0.15) is 37.8 Å². The number of hydrogen-bond acceptors (Lipinski definition) is 7. The lowest BCUT2D eigenvalue weighted by atomic mass is 9.88. The fourth-order valence-corrected chi connectivity index (χ4v) is 5.92. The van der Waals surface area contributed by atoms with Crippen LogP contribution in [-0.2, 0) is 11.8 Å². The highest BCUT2D eigenvalue weighted by molar-refractivity contribution is 5.88. The fraction of sp³-hybridized carbons (Fsp3) is 0.483. The van der Waals surface area contributed by atoms with E-state index in [1.54, 1.807) is 31.3 Å². The molecule has 2 fully saturated rings. The summed E-state index contributed by atoms with van der Waals surface area (Å²) in [6.45, 7) is -1.13. The number of rotatable bonds is 8. The van der Waals surface area contributed by atoms with E-state index in [0.717, 1.165) is 32.1 Å². The topological polar surface area (TPSA) is 83.6 Å². The van der Waals surface area contributed by atoms with Crippen LogP contribution < -0.4 is 20.1 Å². The Morgan fingerprint density at radius 3 is 2.58 bits per heavy atom. The summed E-state index contributed by atoms with van der Waals surface area (Å²) in [4.78, 5) is 21.5. The van der Waals surface area contributed by atoms with Crippen LogP contribution in [0.4, 0.5) is 24.5 Å². The molecule has 3 heterocycles. The standard InChI is InChI=1S/C29H32F3N5O3/c1-35(25-14-27(38)36(2)24-10-3-19(15-33)34-28(24)25)20-4-6-21(7-5-20)37(16-18-11-12-39-17-18)22-8-9-23(30)26(13-22)40-29(31)32/h3,8-10,13-14,18,20-21,29H,4-7,11-12,16-17H2,1-2H3/t18?,20-,21+. The summed E-state index contributed by atoms with van der Waals surface area (Å²) < 4.78 is 51.5. The summed E-state index contributed by atoms with van der Waals surface area (Å²) in [5.74, 6) is -1.000. The number of aromatic nitrogens is 2. The number of ether oxygens (including phenoxy) is 2. The van der Waals surface area contributed by atoms with Crippen molar-refractivity contribution in [3.05, 3.63) is 58.3 Å². The molecule has 1 aromatic carbocycles. The van der Waals surface area contributed by atoms with Gasteiger partial charge in [-0.15, -0.1) is 0 Å². The predicted octanol–water partition coefficient (Wildman–Crippen LogP) is 4.84. The molecule has 40 heavy (non-hydrogen) atoms. The average Bonchev–Trinajstić information content (AvgIpc) is 3.47. The van der Waals surface area contributed by atoms with Gasteiger partial charge >= 0.3 is 6.61 Å². The third-order valence-corrected chi connectivity index (χ3v) is 8.16. The van der Waals surface area contributed by atoms with Crippen LogP contribution >= 0.6 is 0 Å². The Hall–Kier alpha value is -3.78. The van der Waals surface area contributed by atoms with Crippen LogP contribution in [0.3, 0.4) is 0 Å². The third-order valence-electron chi connectivity index (χ3n) is 8.16. The van der Waals surface area contributed by atoms with E-state index in [9.17, 15) is 23.2 Å². The Labute approximate surface area is 230 Å². The molecule has 5 rings (SSSR count). The highest BCUT2D eigenvalue weighted by Gasteiger charge is 2.32. The van der Waals surface area contributed by atoms with Gasteiger partial charge in [0.2, 0.25) is 0 Å². The summed E-state index contributed by atoms with van der Waals surface area (Å²) in [6, 6.07) is 11.4. The molecular formula is C29H32F3N5O3. The Morgan fingerprint density at radius 1 is 1.15 bits per heavy atom. The first-order valence-electron chi connectivity index (χ1n) is 13.5. The maximum Gasteiger partial charge on any atom is 0.387 e. The summed E-state index contributed by atoms with van der Waals surface area (Å²) in [5, 5.41) is 9.38. The van der Waals surface area contributed by atoms with Gasteiger partial charge in [0.15, 0.2) is 11.6 Å². The van der Waals surface area contributed by atoms with Crippen LogP contribution in [0.15, 0.2) is 41.2 Å². The van der Waals surface area contributed by atoms with Crippen LogP contribution in [0.5, 0.6) is 5.75 Å². The first-order chi connectivity index (χ1) is 19.2. The van der Waals surface area contributed by atoms with Gasteiger partial charge in [0.05, 0.1) is 17.8 Å². The van der Waals surface area contributed by atoms with Crippen molar-refractivity contribution in [1.29, 1.82) is 5.26 Å². The SMILES string of the molecule is Cn1c(=O)cc(N(C)[C@H]2CC[C@@H](N(CC3CCOC3)c3ccc(F)c(OC(F)F)c3)CC2)c2nc(C#N)ccc21. The second kappa shape index (κ2) is 11.8. The maximum atomic E-state index is 14.2. The lowest BCUT2D eigenvalue weighted by Gasteiger charge is -2.42. The molecule has 1 aliphatic heterocycles. The van der Waals surface area contributed by atoms with Crippen molar-refractivity contribution in [3.8, 4) is 11.8 Å². The van der Waals surface area contributed by atoms with Crippen molar-refractivity contribution in [3.63, 3.8) is 0 Å². The van der Waals surface area contributed by atoms with Crippen LogP contribution in [-0.4, -0.2) is 55.1 Å². The molecule has 0 radical (unpaired) electrons. The molecule has 11 heteroatoms. The second-order valence-electron chi connectivity index (χ2n) is 10.6. The highest BCUT2D eigenvalue weighted by atomic mass is 19.3. The van der Waals surface area contributed by atoms with Gasteiger partial charge < -0.3 is 23.8 Å². The lowest BCUT2D eigenvalue weighted by Crippen LogP contribution is -2.45. The number of alkyl halides is 2. The van der Waals surface area contributed by atoms with Crippen LogP contribution in [0.25, 0.3) is 11.0 Å². The molecule has 0 amide bonds. The van der Waals surface area contributed by atoms with E-state index in [1.807, 2.05) is 7.05 Å². The van der Waals surface area contributed by atoms with E-state index < -0.39 is 18.2 Å². The Balaban J connectivity index is 1.38. The molecule has 8 nitrogen and oxygen atoms in total. The van der Waals surface area contributed by atoms with Crippen molar-refractivity contribution in [1.82, 2.24) is 9.55 Å². The van der Waals surface area contributed by atoms with E-state index in [4.69, 9.17) is 4.74 Å². The maximum absolute atomic E-state index is 14.2. The van der Waals surface area contributed by atoms with Gasteiger partial charge in [-0.25, -0.2) is 9.37 Å². The summed E-state index contributed by atoms with van der Waals surface area (Å²) in [6.07, 6.45) is 4.16. The quantitative estimate of drug-likeness (QED) is 0.394. The van der Waals surface area contributed by atoms with Crippen molar-refractivity contribution >= 4 is 22.4 Å². The second-order valence-corrected chi connectivity index (χ2v) is 10.6. The number of benzene rings is 1. The average molecular weight is 556 g/mol. The smallest absolute Gasteiger partial charge is 0.387 e. The molecule has 0 spiro atoms. The van der Waals surface area contributed by atoms with Crippen LogP contribution in [0.2, 0.25) is 0 Å². The predicted molar refractivity (Wildman–Crippen MR) is 145 cm³/mol. The van der Waals surface area contributed by atoms with Gasteiger partial charge in [0.25, 0.3) is 5.56 Å². The zero-order valence-corrected chi connectivity index (χ0v) is 22.5. The molecule has 0 N–H and O–H groups in total. The minimum absolute atomic E-state index is 0.110. The number of nitrogens with zero attached hydrogens (tertiary/aromatic N) is 5. The van der Waals surface area contributed by atoms with Gasteiger partial charge in [0, 0.05) is 63.1 Å². The molecule has 3 aromatic rings. The number of halogens is 3. The number of anilines is 2. The monoisotopic (exact) mass is 555 g/mol. The Morgan fingerprint density at radius 2 is 1.90 bits per heavy atom. The van der Waals surface area contributed by atoms with Crippen molar-refractivity contribution in [2.75, 3.05) is 36.6 Å². The van der Waals surface area contributed by atoms with Gasteiger partial charge in [-0.05, 0) is 56.4 Å². The first kappa shape index (κ1) is 27.8. The van der Waals surface area contributed by atoms with E-state index in [0.29, 0.717) is 42.2 Å². The molecule has 212 valence electrons. The van der Waals surface area contributed by atoms with Gasteiger partial charge in [-0.1, -0.05) is 0 Å². The van der Waals surface area contributed by atoms with E-state index >= 15 is 0 Å². The summed E-state index contributed by atoms with van der Waals surface area (Å²) >= 11 is 0. The van der Waals surface area contributed by atoms with E-state index in [2.05, 4.69) is 25.6 Å². The largest absolute Gasteiger partial charge is 0.432 e. The molecule has 1 saturated heterocycles. The number of hydrogen-bond donors (Lipinski definition) is 0. The minimum Gasteiger partial charge on any atom is -0.432 e. The number of aryl methyl sites for hydroxylation is 1. The van der Waals surface area contributed by atoms with Gasteiger partial charge in [-0.2, -0.15) is 14.0 Å². The van der Waals surface area contributed by atoms with Crippen molar-refractivity contribution < 1.29 is 22.6 Å². The molecule has 1 unspecified atom stereocenters.